The van der Waals surface area contributed by atoms with Gasteiger partial charge >= 0.3 is 5.97 Å². The molecule has 0 unspecified atom stereocenters. The largest absolute Gasteiger partial charge is 0.479 e. The number of sulfone groups is 1. The third kappa shape index (κ3) is 6.33. The fourth-order valence-corrected chi connectivity index (χ4v) is 3.76. The number of hydrogen-bond donors (Lipinski definition) is 2. The van der Waals surface area contributed by atoms with Gasteiger partial charge in [-0.3, -0.25) is 4.79 Å². The average molecular weight is 375 g/mol. The SMILES string of the molecule is O=C(CS(=O)(=O)CCCc1ccccc1)N[C@H](C(=O)O)c1ccccc1. The van der Waals surface area contributed by atoms with Crippen molar-refractivity contribution in [1.82, 2.24) is 5.32 Å². The van der Waals surface area contributed by atoms with Crippen LogP contribution in [0.1, 0.15) is 23.6 Å². The van der Waals surface area contributed by atoms with Crippen molar-refractivity contribution in [1.29, 1.82) is 0 Å². The van der Waals surface area contributed by atoms with E-state index in [9.17, 15) is 23.1 Å². The lowest BCUT2D eigenvalue weighted by atomic mass is 10.1. The lowest BCUT2D eigenvalue weighted by molar-refractivity contribution is -0.141. The maximum Gasteiger partial charge on any atom is 0.330 e. The maximum absolute atomic E-state index is 12.1. The van der Waals surface area contributed by atoms with Crippen LogP contribution in [0.5, 0.6) is 0 Å². The van der Waals surface area contributed by atoms with Crippen molar-refractivity contribution < 1.29 is 23.1 Å². The molecule has 7 heteroatoms. The minimum absolute atomic E-state index is 0.127. The number of aryl methyl sites for hydroxylation is 1. The second kappa shape index (κ2) is 9.15. The van der Waals surface area contributed by atoms with E-state index in [1.165, 1.54) is 0 Å². The van der Waals surface area contributed by atoms with Gasteiger partial charge in [0, 0.05) is 0 Å². The van der Waals surface area contributed by atoms with Gasteiger partial charge in [0.1, 0.15) is 5.75 Å². The molecule has 0 radical (unpaired) electrons. The third-order valence-electron chi connectivity index (χ3n) is 3.80. The van der Waals surface area contributed by atoms with Gasteiger partial charge in [0.25, 0.3) is 0 Å². The Labute approximate surface area is 152 Å². The molecule has 2 N–H and O–H groups in total. The molecular weight excluding hydrogens is 354 g/mol. The molecule has 0 fully saturated rings. The van der Waals surface area contributed by atoms with Crippen molar-refractivity contribution in [3.63, 3.8) is 0 Å². The highest BCUT2D eigenvalue weighted by Crippen LogP contribution is 2.13. The molecule has 138 valence electrons. The normalized spacial score (nSPS) is 12.3. The molecule has 0 saturated heterocycles. The Bertz CT molecular complexity index is 835. The zero-order chi connectivity index (χ0) is 19.0. The Hall–Kier alpha value is -2.67. The van der Waals surface area contributed by atoms with E-state index in [1.807, 2.05) is 30.3 Å². The lowest BCUT2D eigenvalue weighted by Crippen LogP contribution is -2.37. The van der Waals surface area contributed by atoms with Gasteiger partial charge in [-0.25, -0.2) is 13.2 Å². The van der Waals surface area contributed by atoms with Crippen LogP contribution in [-0.2, 0) is 25.8 Å². The molecule has 0 saturated carbocycles. The molecule has 26 heavy (non-hydrogen) atoms. The summed E-state index contributed by atoms with van der Waals surface area (Å²) in [5.41, 5.74) is 1.41. The first-order valence-corrected chi connectivity index (χ1v) is 10.0. The zero-order valence-electron chi connectivity index (χ0n) is 14.2. The number of aliphatic carboxylic acids is 1. The van der Waals surface area contributed by atoms with Gasteiger partial charge < -0.3 is 10.4 Å². The summed E-state index contributed by atoms with van der Waals surface area (Å²) < 4.78 is 24.2. The predicted molar refractivity (Wildman–Crippen MR) is 98.4 cm³/mol. The minimum Gasteiger partial charge on any atom is -0.479 e. The van der Waals surface area contributed by atoms with Crippen LogP contribution in [0.2, 0.25) is 0 Å². The number of carboxylic acids is 1. The van der Waals surface area contributed by atoms with Crippen molar-refractivity contribution in [3.8, 4) is 0 Å². The molecule has 0 aliphatic carbocycles. The van der Waals surface area contributed by atoms with Gasteiger partial charge in [-0.15, -0.1) is 0 Å². The molecule has 0 aromatic heterocycles. The summed E-state index contributed by atoms with van der Waals surface area (Å²) in [6, 6.07) is 16.4. The van der Waals surface area contributed by atoms with Gasteiger partial charge in [0.05, 0.1) is 5.75 Å². The first-order chi connectivity index (χ1) is 12.4. The highest BCUT2D eigenvalue weighted by atomic mass is 32.2. The van der Waals surface area contributed by atoms with Crippen molar-refractivity contribution >= 4 is 21.7 Å². The van der Waals surface area contributed by atoms with Crippen LogP contribution in [0.3, 0.4) is 0 Å². The fraction of sp³-hybridized carbons (Fsp3) is 0.263. The quantitative estimate of drug-likeness (QED) is 0.698. The van der Waals surface area contributed by atoms with E-state index >= 15 is 0 Å². The van der Waals surface area contributed by atoms with Gasteiger partial charge in [0.15, 0.2) is 15.9 Å². The number of carbonyl (C=O) groups is 2. The van der Waals surface area contributed by atoms with Crippen molar-refractivity contribution in [2.75, 3.05) is 11.5 Å². The molecule has 1 atom stereocenters. The molecular formula is C19H21NO5S. The van der Waals surface area contributed by atoms with Crippen molar-refractivity contribution in [2.45, 2.75) is 18.9 Å². The van der Waals surface area contributed by atoms with E-state index in [2.05, 4.69) is 5.32 Å². The number of carbonyl (C=O) groups excluding carboxylic acids is 1. The summed E-state index contributed by atoms with van der Waals surface area (Å²) in [6.45, 7) is 0. The first kappa shape index (κ1) is 19.7. The summed E-state index contributed by atoms with van der Waals surface area (Å²) >= 11 is 0. The Kier molecular flexibility index (Phi) is 6.91. The topological polar surface area (TPSA) is 101 Å². The third-order valence-corrected chi connectivity index (χ3v) is 5.41. The number of hydrogen-bond acceptors (Lipinski definition) is 4. The molecule has 2 aromatic carbocycles. The summed E-state index contributed by atoms with van der Waals surface area (Å²) in [6.07, 6.45) is 1.00. The Morgan fingerprint density at radius 1 is 0.962 bits per heavy atom. The second-order valence-corrected chi connectivity index (χ2v) is 8.11. The van der Waals surface area contributed by atoms with Crippen molar-refractivity contribution in [2.24, 2.45) is 0 Å². The molecule has 1 amide bonds. The summed E-state index contributed by atoms with van der Waals surface area (Å²) in [5, 5.41) is 11.6. The van der Waals surface area contributed by atoms with Crippen LogP contribution in [-0.4, -0.2) is 36.9 Å². The predicted octanol–water partition coefficient (Wildman–Crippen LogP) is 1.98. The molecule has 2 rings (SSSR count). The van der Waals surface area contributed by atoms with E-state index in [0.717, 1.165) is 5.56 Å². The minimum atomic E-state index is -3.61. The van der Waals surface area contributed by atoms with Crippen LogP contribution in [0, 0.1) is 0 Å². The average Bonchev–Trinajstić information content (AvgIpc) is 2.60. The Morgan fingerprint density at radius 2 is 1.54 bits per heavy atom. The molecule has 2 aromatic rings. The second-order valence-electron chi connectivity index (χ2n) is 5.93. The zero-order valence-corrected chi connectivity index (χ0v) is 15.0. The van der Waals surface area contributed by atoms with Crippen LogP contribution in [0.15, 0.2) is 60.7 Å². The molecule has 0 aliphatic heterocycles. The Balaban J connectivity index is 1.89. The number of amides is 1. The number of rotatable bonds is 9. The molecule has 6 nitrogen and oxygen atoms in total. The monoisotopic (exact) mass is 375 g/mol. The van der Waals surface area contributed by atoms with E-state index in [0.29, 0.717) is 18.4 Å². The highest BCUT2D eigenvalue weighted by molar-refractivity contribution is 7.92. The van der Waals surface area contributed by atoms with E-state index in [1.54, 1.807) is 30.3 Å². The summed E-state index contributed by atoms with van der Waals surface area (Å²) in [7, 11) is -3.61. The van der Waals surface area contributed by atoms with Gasteiger partial charge in [-0.2, -0.15) is 0 Å². The number of benzene rings is 2. The van der Waals surface area contributed by atoms with E-state index in [-0.39, 0.29) is 5.75 Å². The summed E-state index contributed by atoms with van der Waals surface area (Å²) in [5.74, 6) is -2.91. The Morgan fingerprint density at radius 3 is 2.12 bits per heavy atom. The molecule has 0 spiro atoms. The lowest BCUT2D eigenvalue weighted by Gasteiger charge is -2.15. The first-order valence-electron chi connectivity index (χ1n) is 8.19. The van der Waals surface area contributed by atoms with Crippen LogP contribution in [0.25, 0.3) is 0 Å². The maximum atomic E-state index is 12.1. The fourth-order valence-electron chi connectivity index (χ4n) is 2.55. The van der Waals surface area contributed by atoms with E-state index in [4.69, 9.17) is 0 Å². The molecule has 0 heterocycles. The van der Waals surface area contributed by atoms with Gasteiger partial charge in [0.2, 0.25) is 5.91 Å². The van der Waals surface area contributed by atoms with Crippen LogP contribution < -0.4 is 5.32 Å². The smallest absolute Gasteiger partial charge is 0.330 e. The standard InChI is InChI=1S/C19H21NO5S/c21-17(20-18(19(22)23)16-11-5-2-6-12-16)14-26(24,25)13-7-10-15-8-3-1-4-9-15/h1-6,8-9,11-12,18H,7,10,13-14H2,(H,20,21)(H,22,23)/t18-/m0/s1. The van der Waals surface area contributed by atoms with Crippen LogP contribution >= 0.6 is 0 Å². The molecule has 0 aliphatic rings. The van der Waals surface area contributed by atoms with Gasteiger partial charge in [-0.05, 0) is 24.0 Å². The van der Waals surface area contributed by atoms with Crippen LogP contribution in [0.4, 0.5) is 0 Å². The van der Waals surface area contributed by atoms with Crippen molar-refractivity contribution in [3.05, 3.63) is 71.8 Å². The van der Waals surface area contributed by atoms with E-state index < -0.39 is 33.5 Å². The molecule has 0 bridgehead atoms. The number of carboxylic acid groups (broad SMARTS) is 1. The van der Waals surface area contributed by atoms with Gasteiger partial charge in [-0.1, -0.05) is 60.7 Å². The summed E-state index contributed by atoms with van der Waals surface area (Å²) in [4.78, 5) is 23.4. The number of nitrogens with one attached hydrogen (secondary N) is 1. The highest BCUT2D eigenvalue weighted by Gasteiger charge is 2.24.